The van der Waals surface area contributed by atoms with Crippen LogP contribution < -0.4 is 26.4 Å². The number of carbonyl (C=O) groups excluding carboxylic acids is 2. The highest BCUT2D eigenvalue weighted by Gasteiger charge is 2.15. The fourth-order valence-corrected chi connectivity index (χ4v) is 3.01. The predicted molar refractivity (Wildman–Crippen MR) is 120 cm³/mol. The van der Waals surface area contributed by atoms with Gasteiger partial charge in [0, 0.05) is 24.0 Å². The summed E-state index contributed by atoms with van der Waals surface area (Å²) in [7, 11) is 1.48. The van der Waals surface area contributed by atoms with Gasteiger partial charge in [0.05, 0.1) is 18.4 Å². The Bertz CT molecular complexity index is 1050. The van der Waals surface area contributed by atoms with Crippen molar-refractivity contribution < 1.29 is 14.3 Å². The molecular weight excluding hydrogens is 396 g/mol. The Morgan fingerprint density at radius 2 is 1.87 bits per heavy atom. The molecule has 0 radical (unpaired) electrons. The van der Waals surface area contributed by atoms with Gasteiger partial charge in [0.2, 0.25) is 0 Å². The predicted octanol–water partition coefficient (Wildman–Crippen LogP) is 2.91. The summed E-state index contributed by atoms with van der Waals surface area (Å²) in [5.74, 6) is 0.520. The van der Waals surface area contributed by atoms with E-state index in [0.717, 1.165) is 11.4 Å². The van der Waals surface area contributed by atoms with E-state index in [9.17, 15) is 9.59 Å². The summed E-state index contributed by atoms with van der Waals surface area (Å²) in [4.78, 5) is 24.9. The molecule has 0 aliphatic carbocycles. The van der Waals surface area contributed by atoms with Crippen molar-refractivity contribution >= 4 is 23.4 Å². The number of ether oxygens (including phenoxy) is 1. The Morgan fingerprint density at radius 3 is 2.58 bits per heavy atom. The van der Waals surface area contributed by atoms with Gasteiger partial charge >= 0.3 is 6.03 Å². The van der Waals surface area contributed by atoms with Gasteiger partial charge in [-0.1, -0.05) is 18.2 Å². The van der Waals surface area contributed by atoms with Crippen LogP contribution in [0.2, 0.25) is 0 Å². The summed E-state index contributed by atoms with van der Waals surface area (Å²) in [6, 6.07) is 15.8. The van der Waals surface area contributed by atoms with E-state index < -0.39 is 6.03 Å². The van der Waals surface area contributed by atoms with Crippen LogP contribution in [0.15, 0.2) is 54.6 Å². The van der Waals surface area contributed by atoms with Crippen LogP contribution in [-0.2, 0) is 0 Å². The first kappa shape index (κ1) is 21.8. The van der Waals surface area contributed by atoms with Crippen LogP contribution in [0.5, 0.6) is 5.75 Å². The molecule has 0 fully saturated rings. The number of nitrogens with two attached hydrogens (primary N) is 1. The van der Waals surface area contributed by atoms with E-state index in [1.54, 1.807) is 28.9 Å². The zero-order chi connectivity index (χ0) is 22.2. The maximum Gasteiger partial charge on any atom is 0.324 e. The number of aryl methyl sites for hydroxylation is 1. The lowest BCUT2D eigenvalue weighted by atomic mass is 10.1. The van der Waals surface area contributed by atoms with Crippen molar-refractivity contribution in [1.29, 1.82) is 0 Å². The van der Waals surface area contributed by atoms with Crippen molar-refractivity contribution in [1.82, 2.24) is 15.1 Å². The van der Waals surface area contributed by atoms with Crippen LogP contribution in [0, 0.1) is 6.92 Å². The number of aromatic nitrogens is 2. The van der Waals surface area contributed by atoms with Crippen LogP contribution in [0.25, 0.3) is 5.69 Å². The molecule has 0 saturated heterocycles. The van der Waals surface area contributed by atoms with E-state index in [1.165, 1.54) is 7.11 Å². The molecule has 9 heteroatoms. The molecule has 0 bridgehead atoms. The summed E-state index contributed by atoms with van der Waals surface area (Å²) in [5, 5.41) is 12.6. The number of benzene rings is 2. The smallest absolute Gasteiger partial charge is 0.324 e. The lowest BCUT2D eigenvalue weighted by molar-refractivity contribution is 0.0950. The van der Waals surface area contributed by atoms with Gasteiger partial charge in [-0.3, -0.25) is 10.1 Å². The zero-order valence-electron chi connectivity index (χ0n) is 17.5. The van der Waals surface area contributed by atoms with Crippen LogP contribution in [-0.4, -0.2) is 41.9 Å². The number of amides is 3. The van der Waals surface area contributed by atoms with Gasteiger partial charge in [-0.15, -0.1) is 5.10 Å². The fraction of sp³-hybridized carbons (Fsp3) is 0.227. The normalized spacial score (nSPS) is 10.4. The Kier molecular flexibility index (Phi) is 7.23. The average molecular weight is 422 g/mol. The summed E-state index contributed by atoms with van der Waals surface area (Å²) in [6.45, 7) is 2.85. The van der Waals surface area contributed by atoms with Gasteiger partial charge in [0.1, 0.15) is 5.75 Å². The largest absolute Gasteiger partial charge is 0.496 e. The number of hydrogen-bond acceptors (Lipinski definition) is 5. The van der Waals surface area contributed by atoms with Gasteiger partial charge < -0.3 is 21.1 Å². The number of nitrogens with zero attached hydrogens (tertiary/aromatic N) is 2. The minimum atomic E-state index is -0.475. The van der Waals surface area contributed by atoms with Crippen molar-refractivity contribution in [3.8, 4) is 11.4 Å². The maximum atomic E-state index is 12.5. The highest BCUT2D eigenvalue weighted by atomic mass is 16.5. The quantitative estimate of drug-likeness (QED) is 0.416. The second-order valence-corrected chi connectivity index (χ2v) is 6.81. The van der Waals surface area contributed by atoms with E-state index in [2.05, 4.69) is 21.0 Å². The lowest BCUT2D eigenvalue weighted by Gasteiger charge is -2.12. The molecule has 0 atom stereocenters. The molecule has 0 spiro atoms. The number of anilines is 2. The molecule has 5 N–H and O–H groups in total. The zero-order valence-corrected chi connectivity index (χ0v) is 17.5. The minimum absolute atomic E-state index is 0.299. The molecule has 0 unspecified atom stereocenters. The number of methoxy groups -OCH3 is 1. The van der Waals surface area contributed by atoms with Crippen molar-refractivity contribution in [2.75, 3.05) is 30.8 Å². The number of rotatable bonds is 8. The molecule has 162 valence electrons. The third kappa shape index (κ3) is 5.61. The number of nitrogens with one attached hydrogen (secondary N) is 3. The van der Waals surface area contributed by atoms with Gasteiger partial charge in [0.15, 0.2) is 5.82 Å². The van der Waals surface area contributed by atoms with Crippen LogP contribution in [0.1, 0.15) is 22.5 Å². The van der Waals surface area contributed by atoms with Gasteiger partial charge in [0.25, 0.3) is 5.91 Å². The molecule has 1 heterocycles. The monoisotopic (exact) mass is 422 g/mol. The molecule has 31 heavy (non-hydrogen) atoms. The molecule has 0 aliphatic rings. The highest BCUT2D eigenvalue weighted by molar-refractivity contribution is 6.02. The summed E-state index contributed by atoms with van der Waals surface area (Å²) >= 11 is 0. The van der Waals surface area contributed by atoms with Crippen molar-refractivity contribution in [3.63, 3.8) is 0 Å². The Hall–Kier alpha value is -3.85. The first-order valence-electron chi connectivity index (χ1n) is 9.88. The molecular formula is C22H26N6O3. The molecule has 2 aromatic carbocycles. The molecule has 0 aliphatic heterocycles. The number of hydrogen-bond donors (Lipinski definition) is 4. The van der Waals surface area contributed by atoms with Crippen LogP contribution in [0.3, 0.4) is 0 Å². The fourth-order valence-electron chi connectivity index (χ4n) is 3.01. The van der Waals surface area contributed by atoms with E-state index >= 15 is 0 Å². The Morgan fingerprint density at radius 1 is 1.10 bits per heavy atom. The van der Waals surface area contributed by atoms with Crippen molar-refractivity contribution in [2.24, 2.45) is 5.73 Å². The molecule has 1 aromatic heterocycles. The highest BCUT2D eigenvalue weighted by Crippen LogP contribution is 2.23. The van der Waals surface area contributed by atoms with Crippen molar-refractivity contribution in [2.45, 2.75) is 13.3 Å². The Balaban J connectivity index is 1.69. The minimum Gasteiger partial charge on any atom is -0.496 e. The summed E-state index contributed by atoms with van der Waals surface area (Å²) in [5.41, 5.74) is 8.00. The molecule has 9 nitrogen and oxygen atoms in total. The second kappa shape index (κ2) is 10.3. The molecule has 3 aromatic rings. The van der Waals surface area contributed by atoms with E-state index in [1.807, 2.05) is 37.3 Å². The van der Waals surface area contributed by atoms with Crippen LogP contribution >= 0.6 is 0 Å². The van der Waals surface area contributed by atoms with Crippen molar-refractivity contribution in [3.05, 3.63) is 65.9 Å². The summed E-state index contributed by atoms with van der Waals surface area (Å²) < 4.78 is 7.00. The first-order chi connectivity index (χ1) is 15.0. The number of para-hydroxylation sites is 1. The van der Waals surface area contributed by atoms with Gasteiger partial charge in [-0.25, -0.2) is 9.48 Å². The average Bonchev–Trinajstić information content (AvgIpc) is 3.14. The van der Waals surface area contributed by atoms with E-state index in [0.29, 0.717) is 42.3 Å². The molecule has 3 amide bonds. The SMILES string of the molecule is COc1ccc(NC(=O)Nc2cc(C)n(-c3ccccc3)n2)cc1C(=O)NCCCN. The standard InChI is InChI=1S/C22H26N6O3/c1-15-13-20(27-28(15)17-7-4-3-5-8-17)26-22(30)25-16-9-10-19(31-2)18(14-16)21(29)24-12-6-11-23/h3-5,7-10,13-14H,6,11-12,23H2,1-2H3,(H,24,29)(H2,25,26,27,30). The lowest BCUT2D eigenvalue weighted by Crippen LogP contribution is -2.26. The molecule has 3 rings (SSSR count). The Labute approximate surface area is 180 Å². The van der Waals surface area contributed by atoms with Gasteiger partial charge in [-0.05, 0) is 50.2 Å². The third-order valence-electron chi connectivity index (χ3n) is 4.50. The van der Waals surface area contributed by atoms with Crippen LogP contribution in [0.4, 0.5) is 16.3 Å². The molecule has 0 saturated carbocycles. The second-order valence-electron chi connectivity index (χ2n) is 6.81. The summed E-state index contributed by atoms with van der Waals surface area (Å²) in [6.07, 6.45) is 0.670. The maximum absolute atomic E-state index is 12.5. The topological polar surface area (TPSA) is 123 Å². The number of carbonyl (C=O) groups is 2. The first-order valence-corrected chi connectivity index (χ1v) is 9.88. The van der Waals surface area contributed by atoms with Gasteiger partial charge in [-0.2, -0.15) is 0 Å². The van der Waals surface area contributed by atoms with E-state index in [-0.39, 0.29) is 5.91 Å². The van der Waals surface area contributed by atoms with E-state index in [4.69, 9.17) is 10.5 Å². The third-order valence-corrected chi connectivity index (χ3v) is 4.50. The number of urea groups is 1.